The smallest absolute Gasteiger partial charge is 0.289 e. The van der Waals surface area contributed by atoms with Crippen molar-refractivity contribution in [3.8, 4) is 5.75 Å². The minimum absolute atomic E-state index is 0.00209. The maximum Gasteiger partial charge on any atom is 0.289 e. The van der Waals surface area contributed by atoms with Crippen LogP contribution in [-0.2, 0) is 6.61 Å². The fourth-order valence-corrected chi connectivity index (χ4v) is 2.38. The average Bonchev–Trinajstić information content (AvgIpc) is 2.78. The monoisotopic (exact) mass is 421 g/mol. The lowest BCUT2D eigenvalue weighted by Gasteiger charge is -2.06. The Kier molecular flexibility index (Phi) is 6.58. The second-order valence-corrected chi connectivity index (χ2v) is 6.14. The maximum atomic E-state index is 11.9. The summed E-state index contributed by atoms with van der Waals surface area (Å²) in [4.78, 5) is 35.8. The Hall–Kier alpha value is -4.67. The zero-order valence-electron chi connectivity index (χ0n) is 15.9. The number of non-ortho nitro benzene ring substituents is 1. The summed E-state index contributed by atoms with van der Waals surface area (Å²) in [5, 5.41) is 25.1. The molecule has 11 nitrogen and oxygen atoms in total. The van der Waals surface area contributed by atoms with Gasteiger partial charge >= 0.3 is 0 Å². The van der Waals surface area contributed by atoms with Crippen LogP contribution in [0.15, 0.2) is 72.0 Å². The quantitative estimate of drug-likeness (QED) is 0.333. The number of carbonyl (C=O) groups is 1. The van der Waals surface area contributed by atoms with E-state index in [-0.39, 0.29) is 23.7 Å². The summed E-state index contributed by atoms with van der Waals surface area (Å²) < 4.78 is 5.63. The number of hydrazone groups is 1. The van der Waals surface area contributed by atoms with E-state index in [2.05, 4.69) is 15.5 Å². The van der Waals surface area contributed by atoms with Gasteiger partial charge in [-0.25, -0.2) is 10.4 Å². The molecule has 3 rings (SSSR count). The van der Waals surface area contributed by atoms with Gasteiger partial charge in [0.25, 0.3) is 17.3 Å². The number of nitro benzene ring substituents is 1. The first-order valence-corrected chi connectivity index (χ1v) is 8.82. The van der Waals surface area contributed by atoms with E-state index in [9.17, 15) is 25.0 Å². The predicted molar refractivity (Wildman–Crippen MR) is 110 cm³/mol. The highest BCUT2D eigenvalue weighted by Crippen LogP contribution is 2.16. The number of nitro groups is 2. The summed E-state index contributed by atoms with van der Waals surface area (Å²) in [5.74, 6) is -0.0104. The molecule has 0 bridgehead atoms. The highest BCUT2D eigenvalue weighted by atomic mass is 16.6. The summed E-state index contributed by atoms with van der Waals surface area (Å²) in [6, 6.07) is 15.4. The molecule has 0 aliphatic heterocycles. The van der Waals surface area contributed by atoms with E-state index in [1.807, 2.05) is 0 Å². The van der Waals surface area contributed by atoms with Gasteiger partial charge in [0, 0.05) is 18.2 Å². The third-order valence-corrected chi connectivity index (χ3v) is 4.00. The van der Waals surface area contributed by atoms with Crippen molar-refractivity contribution >= 4 is 23.5 Å². The molecule has 1 heterocycles. The first kappa shape index (κ1) is 21.0. The standard InChI is InChI=1S/C20H15N5O6/c26-20(19-10-7-17(12-21-19)25(29)30)23-22-11-14-3-8-18(9-4-14)31-13-15-1-5-16(6-2-15)24(27)28/h1-12H,13H2,(H,23,26)/b22-11+. The molecule has 0 radical (unpaired) electrons. The number of carbonyl (C=O) groups excluding carboxylic acids is 1. The molecule has 0 saturated carbocycles. The number of nitrogens with zero attached hydrogens (tertiary/aromatic N) is 4. The van der Waals surface area contributed by atoms with Gasteiger partial charge in [-0.05, 0) is 53.6 Å². The number of amides is 1. The first-order valence-electron chi connectivity index (χ1n) is 8.82. The van der Waals surface area contributed by atoms with Gasteiger partial charge in [-0.15, -0.1) is 0 Å². The zero-order chi connectivity index (χ0) is 22.2. The number of pyridine rings is 1. The molecule has 0 unspecified atom stereocenters. The molecule has 3 aromatic rings. The Morgan fingerprint density at radius 2 is 1.61 bits per heavy atom. The number of aromatic nitrogens is 1. The van der Waals surface area contributed by atoms with E-state index in [0.717, 1.165) is 11.8 Å². The molecule has 11 heteroatoms. The second kappa shape index (κ2) is 9.69. The maximum absolute atomic E-state index is 11.9. The van der Waals surface area contributed by atoms with Crippen LogP contribution in [0, 0.1) is 20.2 Å². The molecule has 0 saturated heterocycles. The van der Waals surface area contributed by atoms with Gasteiger partial charge in [0.15, 0.2) is 0 Å². The molecular weight excluding hydrogens is 406 g/mol. The fourth-order valence-electron chi connectivity index (χ4n) is 2.38. The van der Waals surface area contributed by atoms with Crippen LogP contribution in [0.5, 0.6) is 5.75 Å². The Labute approximate surface area is 175 Å². The van der Waals surface area contributed by atoms with Crippen molar-refractivity contribution in [2.24, 2.45) is 5.10 Å². The number of benzene rings is 2. The van der Waals surface area contributed by atoms with E-state index in [0.29, 0.717) is 11.3 Å². The van der Waals surface area contributed by atoms with Gasteiger partial charge in [0.2, 0.25) is 0 Å². The SMILES string of the molecule is O=C(N/N=C/c1ccc(OCc2ccc([N+](=O)[O-])cc2)cc1)c1ccc([N+](=O)[O-])cn1. The van der Waals surface area contributed by atoms with Crippen molar-refractivity contribution in [1.82, 2.24) is 10.4 Å². The second-order valence-electron chi connectivity index (χ2n) is 6.14. The van der Waals surface area contributed by atoms with Gasteiger partial charge in [0.1, 0.15) is 24.2 Å². The third kappa shape index (κ3) is 5.90. The van der Waals surface area contributed by atoms with E-state index >= 15 is 0 Å². The number of hydrogen-bond donors (Lipinski definition) is 1. The van der Waals surface area contributed by atoms with Gasteiger partial charge in [0.05, 0.1) is 16.1 Å². The van der Waals surface area contributed by atoms with Crippen LogP contribution < -0.4 is 10.2 Å². The lowest BCUT2D eigenvalue weighted by atomic mass is 10.2. The number of rotatable bonds is 8. The van der Waals surface area contributed by atoms with Crippen LogP contribution in [0.2, 0.25) is 0 Å². The summed E-state index contributed by atoms with van der Waals surface area (Å²) in [7, 11) is 0. The fraction of sp³-hybridized carbons (Fsp3) is 0.0500. The summed E-state index contributed by atoms with van der Waals surface area (Å²) in [6.07, 6.45) is 2.41. The van der Waals surface area contributed by atoms with Gasteiger partial charge in [-0.2, -0.15) is 5.10 Å². The van der Waals surface area contributed by atoms with Crippen molar-refractivity contribution in [3.63, 3.8) is 0 Å². The Morgan fingerprint density at radius 1 is 0.968 bits per heavy atom. The van der Waals surface area contributed by atoms with E-state index in [1.165, 1.54) is 30.5 Å². The number of ether oxygens (including phenoxy) is 1. The minimum Gasteiger partial charge on any atom is -0.489 e. The van der Waals surface area contributed by atoms with E-state index in [1.54, 1.807) is 36.4 Å². The lowest BCUT2D eigenvalue weighted by Crippen LogP contribution is -2.18. The third-order valence-electron chi connectivity index (χ3n) is 4.00. The topological polar surface area (TPSA) is 150 Å². The molecule has 1 N–H and O–H groups in total. The zero-order valence-corrected chi connectivity index (χ0v) is 15.9. The van der Waals surface area contributed by atoms with E-state index < -0.39 is 15.8 Å². The number of nitrogens with one attached hydrogen (secondary N) is 1. The molecule has 2 aromatic carbocycles. The van der Waals surface area contributed by atoms with Crippen molar-refractivity contribution in [1.29, 1.82) is 0 Å². The predicted octanol–water partition coefficient (Wildman–Crippen LogP) is 3.24. The van der Waals surface area contributed by atoms with Crippen LogP contribution in [0.4, 0.5) is 11.4 Å². The van der Waals surface area contributed by atoms with Crippen molar-refractivity contribution in [3.05, 3.63) is 104 Å². The largest absolute Gasteiger partial charge is 0.489 e. The van der Waals surface area contributed by atoms with Crippen LogP contribution in [-0.4, -0.2) is 27.0 Å². The van der Waals surface area contributed by atoms with Crippen LogP contribution in [0.1, 0.15) is 21.6 Å². The van der Waals surface area contributed by atoms with Crippen LogP contribution in [0.3, 0.4) is 0 Å². The minimum atomic E-state index is -0.605. The van der Waals surface area contributed by atoms with Crippen LogP contribution >= 0.6 is 0 Å². The average molecular weight is 421 g/mol. The summed E-state index contributed by atoms with van der Waals surface area (Å²) in [5.41, 5.74) is 3.58. The molecular formula is C20H15N5O6. The molecule has 1 amide bonds. The van der Waals surface area contributed by atoms with Crippen molar-refractivity contribution in [2.45, 2.75) is 6.61 Å². The summed E-state index contributed by atoms with van der Waals surface area (Å²) >= 11 is 0. The molecule has 156 valence electrons. The Morgan fingerprint density at radius 3 is 2.19 bits per heavy atom. The molecule has 0 fully saturated rings. The molecule has 0 atom stereocenters. The highest BCUT2D eigenvalue weighted by Gasteiger charge is 2.10. The van der Waals surface area contributed by atoms with E-state index in [4.69, 9.17) is 4.74 Å². The van der Waals surface area contributed by atoms with Gasteiger partial charge in [-0.3, -0.25) is 25.0 Å². The van der Waals surface area contributed by atoms with Crippen molar-refractivity contribution < 1.29 is 19.4 Å². The lowest BCUT2D eigenvalue weighted by molar-refractivity contribution is -0.385. The Balaban J connectivity index is 1.50. The van der Waals surface area contributed by atoms with Crippen LogP contribution in [0.25, 0.3) is 0 Å². The highest BCUT2D eigenvalue weighted by molar-refractivity contribution is 5.93. The molecule has 0 aliphatic rings. The Bertz CT molecular complexity index is 1110. The van der Waals surface area contributed by atoms with Crippen molar-refractivity contribution in [2.75, 3.05) is 0 Å². The number of hydrogen-bond acceptors (Lipinski definition) is 8. The summed E-state index contributed by atoms with van der Waals surface area (Å²) in [6.45, 7) is 0.254. The molecule has 0 spiro atoms. The molecule has 0 aliphatic carbocycles. The van der Waals surface area contributed by atoms with Gasteiger partial charge < -0.3 is 4.74 Å². The molecule has 31 heavy (non-hydrogen) atoms. The van der Waals surface area contributed by atoms with Gasteiger partial charge in [-0.1, -0.05) is 0 Å². The molecule has 1 aromatic heterocycles. The first-order chi connectivity index (χ1) is 14.9. The normalized spacial score (nSPS) is 10.6.